The molecular formula is C8H6F3NO3. The van der Waals surface area contributed by atoms with Crippen LogP contribution in [0.3, 0.4) is 0 Å². The number of rotatable bonds is 4. The van der Waals surface area contributed by atoms with Crippen LogP contribution < -0.4 is 4.74 Å². The normalized spacial score (nSPS) is 10.4. The first-order chi connectivity index (χ1) is 7.00. The molecule has 0 bridgehead atoms. The summed E-state index contributed by atoms with van der Waals surface area (Å²) in [5, 5.41) is 10.2. The standard InChI is InChI=1S/C8H6F3NO3/c9-6-3-5(12(13)14)1-2-7(6)15-4-8(10)11/h1-3,8H,4H2. The molecule has 0 amide bonds. The van der Waals surface area contributed by atoms with Crippen LogP contribution in [0.2, 0.25) is 0 Å². The third-order valence-electron chi connectivity index (χ3n) is 1.49. The molecule has 4 nitrogen and oxygen atoms in total. The number of alkyl halides is 2. The van der Waals surface area contributed by atoms with E-state index in [2.05, 4.69) is 4.74 Å². The maximum absolute atomic E-state index is 13.0. The molecule has 0 saturated carbocycles. The molecule has 0 aromatic heterocycles. The molecule has 0 saturated heterocycles. The van der Waals surface area contributed by atoms with Crippen molar-refractivity contribution in [3.05, 3.63) is 34.1 Å². The van der Waals surface area contributed by atoms with Crippen LogP contribution in [0.15, 0.2) is 18.2 Å². The Hall–Kier alpha value is -1.79. The molecule has 0 aliphatic rings. The Kier molecular flexibility index (Phi) is 3.48. The highest BCUT2D eigenvalue weighted by atomic mass is 19.3. The van der Waals surface area contributed by atoms with E-state index in [0.29, 0.717) is 6.07 Å². The number of ether oxygens (including phenoxy) is 1. The second-order valence-electron chi connectivity index (χ2n) is 2.57. The molecule has 1 aromatic carbocycles. The van der Waals surface area contributed by atoms with E-state index in [4.69, 9.17) is 0 Å². The van der Waals surface area contributed by atoms with Gasteiger partial charge in [0.1, 0.15) is 6.61 Å². The molecule has 0 atom stereocenters. The number of non-ortho nitro benzene ring substituents is 1. The maximum atomic E-state index is 13.0. The third-order valence-corrected chi connectivity index (χ3v) is 1.49. The molecule has 0 radical (unpaired) electrons. The molecule has 1 aromatic rings. The van der Waals surface area contributed by atoms with Crippen molar-refractivity contribution in [2.75, 3.05) is 6.61 Å². The summed E-state index contributed by atoms with van der Waals surface area (Å²) < 4.78 is 40.8. The van der Waals surface area contributed by atoms with Gasteiger partial charge in [-0.05, 0) is 6.07 Å². The van der Waals surface area contributed by atoms with Crippen LogP contribution in [0.4, 0.5) is 18.9 Å². The summed E-state index contributed by atoms with van der Waals surface area (Å²) in [4.78, 5) is 9.42. The largest absolute Gasteiger partial charge is 0.485 e. The van der Waals surface area contributed by atoms with E-state index in [1.165, 1.54) is 0 Å². The number of nitro benzene ring substituents is 1. The fourth-order valence-electron chi connectivity index (χ4n) is 0.873. The summed E-state index contributed by atoms with van der Waals surface area (Å²) in [5.41, 5.74) is -0.461. The lowest BCUT2D eigenvalue weighted by Crippen LogP contribution is -2.08. The molecule has 7 heteroatoms. The summed E-state index contributed by atoms with van der Waals surface area (Å²) in [5.74, 6) is -1.47. The SMILES string of the molecule is O=[N+]([O-])c1ccc(OCC(F)F)c(F)c1. The lowest BCUT2D eigenvalue weighted by atomic mass is 10.3. The quantitative estimate of drug-likeness (QED) is 0.579. The molecule has 0 N–H and O–H groups in total. The van der Waals surface area contributed by atoms with Gasteiger partial charge in [0.25, 0.3) is 12.1 Å². The van der Waals surface area contributed by atoms with Gasteiger partial charge in [-0.15, -0.1) is 0 Å². The van der Waals surface area contributed by atoms with E-state index < -0.39 is 35.2 Å². The Labute approximate surface area is 82.4 Å². The van der Waals surface area contributed by atoms with Crippen LogP contribution in [-0.4, -0.2) is 18.0 Å². The molecule has 15 heavy (non-hydrogen) atoms. The van der Waals surface area contributed by atoms with Crippen molar-refractivity contribution in [2.45, 2.75) is 6.43 Å². The van der Waals surface area contributed by atoms with Gasteiger partial charge in [-0.3, -0.25) is 10.1 Å². The average molecular weight is 221 g/mol. The number of hydrogen-bond donors (Lipinski definition) is 0. The fraction of sp³-hybridized carbons (Fsp3) is 0.250. The van der Waals surface area contributed by atoms with E-state index in [1.54, 1.807) is 0 Å². The molecular weight excluding hydrogens is 215 g/mol. The van der Waals surface area contributed by atoms with Crippen molar-refractivity contribution in [2.24, 2.45) is 0 Å². The highest BCUT2D eigenvalue weighted by Crippen LogP contribution is 2.22. The second-order valence-corrected chi connectivity index (χ2v) is 2.57. The van der Waals surface area contributed by atoms with Crippen molar-refractivity contribution in [3.63, 3.8) is 0 Å². The molecule has 82 valence electrons. The van der Waals surface area contributed by atoms with Crippen molar-refractivity contribution in [1.29, 1.82) is 0 Å². The van der Waals surface area contributed by atoms with Crippen LogP contribution in [0.1, 0.15) is 0 Å². The minimum Gasteiger partial charge on any atom is -0.485 e. The van der Waals surface area contributed by atoms with E-state index >= 15 is 0 Å². The van der Waals surface area contributed by atoms with Crippen LogP contribution >= 0.6 is 0 Å². The summed E-state index contributed by atoms with van der Waals surface area (Å²) in [7, 11) is 0. The Bertz CT molecular complexity index is 370. The Morgan fingerprint density at radius 3 is 2.60 bits per heavy atom. The first-order valence-electron chi connectivity index (χ1n) is 3.85. The van der Waals surface area contributed by atoms with Crippen molar-refractivity contribution >= 4 is 5.69 Å². The smallest absolute Gasteiger partial charge is 0.272 e. The van der Waals surface area contributed by atoms with Gasteiger partial charge in [0.2, 0.25) is 0 Å². The number of nitrogens with zero attached hydrogens (tertiary/aromatic N) is 1. The number of benzene rings is 1. The lowest BCUT2D eigenvalue weighted by molar-refractivity contribution is -0.385. The molecule has 0 fully saturated rings. The summed E-state index contributed by atoms with van der Waals surface area (Å²) >= 11 is 0. The number of nitro groups is 1. The zero-order valence-electron chi connectivity index (χ0n) is 7.32. The Morgan fingerprint density at radius 1 is 1.47 bits per heavy atom. The monoisotopic (exact) mass is 221 g/mol. The van der Waals surface area contributed by atoms with E-state index in [0.717, 1.165) is 12.1 Å². The fourth-order valence-corrected chi connectivity index (χ4v) is 0.873. The van der Waals surface area contributed by atoms with Crippen LogP contribution in [0, 0.1) is 15.9 Å². The third kappa shape index (κ3) is 3.12. The summed E-state index contributed by atoms with van der Waals surface area (Å²) in [6, 6.07) is 2.53. The molecule has 0 aliphatic carbocycles. The van der Waals surface area contributed by atoms with Crippen molar-refractivity contribution in [1.82, 2.24) is 0 Å². The first-order valence-corrected chi connectivity index (χ1v) is 3.85. The second kappa shape index (κ2) is 4.63. The molecule has 0 aliphatic heterocycles. The van der Waals surface area contributed by atoms with Gasteiger partial charge in [-0.25, -0.2) is 13.2 Å². The van der Waals surface area contributed by atoms with Gasteiger partial charge in [-0.2, -0.15) is 0 Å². The maximum Gasteiger partial charge on any atom is 0.272 e. The number of halogens is 3. The minimum atomic E-state index is -2.72. The molecule has 0 spiro atoms. The van der Waals surface area contributed by atoms with Crippen LogP contribution in [0.25, 0.3) is 0 Å². The lowest BCUT2D eigenvalue weighted by Gasteiger charge is -2.05. The Balaban J connectivity index is 2.79. The summed E-state index contributed by atoms with van der Waals surface area (Å²) in [6.07, 6.45) is -2.72. The summed E-state index contributed by atoms with van der Waals surface area (Å²) in [6.45, 7) is -0.950. The van der Waals surface area contributed by atoms with Gasteiger partial charge < -0.3 is 4.74 Å². The van der Waals surface area contributed by atoms with E-state index in [-0.39, 0.29) is 0 Å². The van der Waals surface area contributed by atoms with Gasteiger partial charge in [0.05, 0.1) is 11.0 Å². The van der Waals surface area contributed by atoms with E-state index in [1.807, 2.05) is 0 Å². The highest BCUT2D eigenvalue weighted by Gasteiger charge is 2.12. The predicted molar refractivity (Wildman–Crippen MR) is 44.6 cm³/mol. The zero-order chi connectivity index (χ0) is 11.4. The topological polar surface area (TPSA) is 52.4 Å². The molecule has 0 unspecified atom stereocenters. The van der Waals surface area contributed by atoms with Gasteiger partial charge in [0, 0.05) is 6.07 Å². The Morgan fingerprint density at radius 2 is 2.13 bits per heavy atom. The van der Waals surface area contributed by atoms with Crippen LogP contribution in [0.5, 0.6) is 5.75 Å². The minimum absolute atomic E-state index is 0.430. The van der Waals surface area contributed by atoms with Gasteiger partial charge in [0.15, 0.2) is 11.6 Å². The average Bonchev–Trinajstić information content (AvgIpc) is 2.15. The predicted octanol–water partition coefficient (Wildman–Crippen LogP) is 2.38. The zero-order valence-corrected chi connectivity index (χ0v) is 7.32. The van der Waals surface area contributed by atoms with Gasteiger partial charge in [-0.1, -0.05) is 0 Å². The number of hydrogen-bond acceptors (Lipinski definition) is 3. The van der Waals surface area contributed by atoms with Crippen molar-refractivity contribution < 1.29 is 22.8 Å². The first kappa shape index (κ1) is 11.3. The highest BCUT2D eigenvalue weighted by molar-refractivity contribution is 5.37. The van der Waals surface area contributed by atoms with Crippen LogP contribution in [-0.2, 0) is 0 Å². The van der Waals surface area contributed by atoms with Gasteiger partial charge >= 0.3 is 0 Å². The molecule has 1 rings (SSSR count). The molecule has 0 heterocycles. The van der Waals surface area contributed by atoms with E-state index in [9.17, 15) is 23.3 Å². The van der Waals surface area contributed by atoms with Crippen molar-refractivity contribution in [3.8, 4) is 5.75 Å².